The molecule has 1 saturated heterocycles. The van der Waals surface area contributed by atoms with Gasteiger partial charge in [-0.05, 0) is 43.2 Å². The Balaban J connectivity index is 1.26. The summed E-state index contributed by atoms with van der Waals surface area (Å²) in [4.78, 5) is 19.6. The minimum absolute atomic E-state index is 0.0433. The molecule has 0 saturated carbocycles. The van der Waals surface area contributed by atoms with E-state index < -0.39 is 0 Å². The summed E-state index contributed by atoms with van der Waals surface area (Å²) in [7, 11) is 0. The fourth-order valence-corrected chi connectivity index (χ4v) is 5.04. The van der Waals surface area contributed by atoms with Crippen molar-refractivity contribution in [2.45, 2.75) is 18.8 Å². The Bertz CT molecular complexity index is 1160. The molecule has 5 rings (SSSR count). The van der Waals surface area contributed by atoms with Crippen molar-refractivity contribution < 1.29 is 4.79 Å². The smallest absolute Gasteiger partial charge is 0.257 e. The van der Waals surface area contributed by atoms with Crippen LogP contribution in [0, 0.1) is 0 Å². The van der Waals surface area contributed by atoms with Crippen molar-refractivity contribution in [3.05, 3.63) is 76.5 Å². The maximum atomic E-state index is 12.9. The largest absolute Gasteiger partial charge is 0.339 e. The molecule has 1 aliphatic heterocycles. The van der Waals surface area contributed by atoms with Gasteiger partial charge in [0, 0.05) is 30.2 Å². The number of rotatable bonds is 3. The van der Waals surface area contributed by atoms with Crippen LogP contribution in [0.4, 0.5) is 0 Å². The first-order chi connectivity index (χ1) is 14.2. The zero-order valence-corrected chi connectivity index (χ0v) is 17.2. The summed E-state index contributed by atoms with van der Waals surface area (Å²) in [5.74, 6) is 0.434. The van der Waals surface area contributed by atoms with E-state index in [2.05, 4.69) is 5.10 Å². The summed E-state index contributed by atoms with van der Waals surface area (Å²) < 4.78 is 2.91. The van der Waals surface area contributed by atoms with Crippen LogP contribution in [0.25, 0.3) is 15.9 Å². The van der Waals surface area contributed by atoms with Gasteiger partial charge in [-0.15, -0.1) is 11.3 Å². The minimum Gasteiger partial charge on any atom is -0.339 e. The second kappa shape index (κ2) is 7.61. The molecule has 0 spiro atoms. The highest BCUT2D eigenvalue weighted by Crippen LogP contribution is 2.35. The second-order valence-electron chi connectivity index (χ2n) is 7.24. The molecule has 2 aromatic heterocycles. The monoisotopic (exact) mass is 422 g/mol. The standard InChI is InChI=1S/C22H19ClN4OS/c23-17-6-7-20-19(12-17)25-21(29-20)15-8-10-26(11-9-15)22(28)16-13-24-27(14-16)18-4-2-1-3-5-18/h1-7,12-15H,8-11H2. The molecule has 0 bridgehead atoms. The molecule has 146 valence electrons. The first-order valence-electron chi connectivity index (χ1n) is 9.63. The number of aromatic nitrogens is 3. The van der Waals surface area contributed by atoms with E-state index in [1.54, 1.807) is 28.4 Å². The van der Waals surface area contributed by atoms with Crippen molar-refractivity contribution in [2.24, 2.45) is 0 Å². The van der Waals surface area contributed by atoms with Crippen LogP contribution in [-0.4, -0.2) is 38.7 Å². The number of carbonyl (C=O) groups is 1. The van der Waals surface area contributed by atoms with Crippen molar-refractivity contribution in [1.29, 1.82) is 0 Å². The van der Waals surface area contributed by atoms with Crippen LogP contribution in [0.2, 0.25) is 5.02 Å². The van der Waals surface area contributed by atoms with Gasteiger partial charge in [-0.25, -0.2) is 9.67 Å². The minimum atomic E-state index is 0.0433. The molecule has 4 aromatic rings. The van der Waals surface area contributed by atoms with E-state index in [1.807, 2.05) is 53.4 Å². The van der Waals surface area contributed by atoms with Crippen LogP contribution in [0.5, 0.6) is 0 Å². The highest BCUT2D eigenvalue weighted by molar-refractivity contribution is 7.18. The lowest BCUT2D eigenvalue weighted by Gasteiger charge is -2.30. The molecule has 7 heteroatoms. The molecule has 0 unspecified atom stereocenters. The van der Waals surface area contributed by atoms with Gasteiger partial charge in [0.05, 0.1) is 32.7 Å². The first-order valence-corrected chi connectivity index (χ1v) is 10.8. The fourth-order valence-electron chi connectivity index (χ4n) is 3.76. The van der Waals surface area contributed by atoms with Crippen molar-refractivity contribution in [3.63, 3.8) is 0 Å². The molecular formula is C22H19ClN4OS. The van der Waals surface area contributed by atoms with Crippen molar-refractivity contribution in [1.82, 2.24) is 19.7 Å². The molecular weight excluding hydrogens is 404 g/mol. The number of para-hydroxylation sites is 1. The quantitative estimate of drug-likeness (QED) is 0.458. The number of hydrogen-bond donors (Lipinski definition) is 0. The van der Waals surface area contributed by atoms with Crippen LogP contribution in [0.3, 0.4) is 0 Å². The lowest BCUT2D eigenvalue weighted by Crippen LogP contribution is -2.37. The van der Waals surface area contributed by atoms with E-state index >= 15 is 0 Å². The maximum Gasteiger partial charge on any atom is 0.257 e. The topological polar surface area (TPSA) is 51.0 Å². The Morgan fingerprint density at radius 1 is 1.10 bits per heavy atom. The molecule has 0 atom stereocenters. The van der Waals surface area contributed by atoms with E-state index in [-0.39, 0.29) is 5.91 Å². The molecule has 1 aliphatic rings. The van der Waals surface area contributed by atoms with Gasteiger partial charge in [-0.2, -0.15) is 5.10 Å². The number of carbonyl (C=O) groups excluding carboxylic acids is 1. The summed E-state index contributed by atoms with van der Waals surface area (Å²) in [5.41, 5.74) is 2.53. The van der Waals surface area contributed by atoms with Gasteiger partial charge in [0.25, 0.3) is 5.91 Å². The van der Waals surface area contributed by atoms with Crippen LogP contribution in [-0.2, 0) is 0 Å². The van der Waals surface area contributed by atoms with Gasteiger partial charge in [-0.3, -0.25) is 4.79 Å². The van der Waals surface area contributed by atoms with Crippen LogP contribution in [0.1, 0.15) is 34.1 Å². The lowest BCUT2D eigenvalue weighted by atomic mass is 9.97. The molecule has 5 nitrogen and oxygen atoms in total. The number of halogens is 1. The molecule has 0 radical (unpaired) electrons. The maximum absolute atomic E-state index is 12.9. The molecule has 1 amide bonds. The number of benzene rings is 2. The van der Waals surface area contributed by atoms with Crippen LogP contribution in [0.15, 0.2) is 60.9 Å². The molecule has 0 N–H and O–H groups in total. The molecule has 2 aromatic carbocycles. The summed E-state index contributed by atoms with van der Waals surface area (Å²) in [5, 5.41) is 6.20. The Hall–Kier alpha value is -2.70. The van der Waals surface area contributed by atoms with Gasteiger partial charge in [0.2, 0.25) is 0 Å². The average Bonchev–Trinajstić information content (AvgIpc) is 3.41. The second-order valence-corrected chi connectivity index (χ2v) is 8.74. The van der Waals surface area contributed by atoms with Crippen LogP contribution >= 0.6 is 22.9 Å². The normalized spacial score (nSPS) is 15.1. The van der Waals surface area contributed by atoms with E-state index in [0.717, 1.165) is 46.8 Å². The highest BCUT2D eigenvalue weighted by Gasteiger charge is 2.27. The third-order valence-electron chi connectivity index (χ3n) is 5.35. The Morgan fingerprint density at radius 2 is 1.90 bits per heavy atom. The van der Waals surface area contributed by atoms with Gasteiger partial charge in [0.15, 0.2) is 0 Å². The third kappa shape index (κ3) is 3.66. The number of thiazole rings is 1. The highest BCUT2D eigenvalue weighted by atomic mass is 35.5. The van der Waals surface area contributed by atoms with Crippen LogP contribution < -0.4 is 0 Å². The molecule has 3 heterocycles. The predicted molar refractivity (Wildman–Crippen MR) is 116 cm³/mol. The SMILES string of the molecule is O=C(c1cnn(-c2ccccc2)c1)N1CCC(c2nc3cc(Cl)ccc3s2)CC1. The van der Waals surface area contributed by atoms with Crippen molar-refractivity contribution in [3.8, 4) is 5.69 Å². The van der Waals surface area contributed by atoms with Gasteiger partial charge >= 0.3 is 0 Å². The number of amides is 1. The number of fused-ring (bicyclic) bond motifs is 1. The van der Waals surface area contributed by atoms with Gasteiger partial charge in [0.1, 0.15) is 0 Å². The summed E-state index contributed by atoms with van der Waals surface area (Å²) >= 11 is 7.81. The van der Waals surface area contributed by atoms with E-state index in [1.165, 1.54) is 0 Å². The Kier molecular flexibility index (Phi) is 4.81. The molecule has 1 fully saturated rings. The number of likely N-dealkylation sites (tertiary alicyclic amines) is 1. The van der Waals surface area contributed by atoms with E-state index in [0.29, 0.717) is 16.5 Å². The number of nitrogens with zero attached hydrogens (tertiary/aromatic N) is 4. The van der Waals surface area contributed by atoms with Gasteiger partial charge in [-0.1, -0.05) is 29.8 Å². The van der Waals surface area contributed by atoms with Crippen molar-refractivity contribution >= 4 is 39.1 Å². The Labute approximate surface area is 177 Å². The lowest BCUT2D eigenvalue weighted by molar-refractivity contribution is 0.0713. The van der Waals surface area contributed by atoms with Crippen molar-refractivity contribution in [2.75, 3.05) is 13.1 Å². The average molecular weight is 423 g/mol. The van der Waals surface area contributed by atoms with Gasteiger partial charge < -0.3 is 4.90 Å². The summed E-state index contributed by atoms with van der Waals surface area (Å²) in [6.07, 6.45) is 5.30. The zero-order valence-electron chi connectivity index (χ0n) is 15.7. The number of piperidine rings is 1. The fraction of sp³-hybridized carbons (Fsp3) is 0.227. The first kappa shape index (κ1) is 18.3. The molecule has 29 heavy (non-hydrogen) atoms. The molecule has 0 aliphatic carbocycles. The number of hydrogen-bond acceptors (Lipinski definition) is 4. The predicted octanol–water partition coefficient (Wildman–Crippen LogP) is 5.16. The zero-order chi connectivity index (χ0) is 19.8. The van der Waals surface area contributed by atoms with E-state index in [4.69, 9.17) is 16.6 Å². The third-order valence-corrected chi connectivity index (χ3v) is 6.78. The summed E-state index contributed by atoms with van der Waals surface area (Å²) in [6.45, 7) is 1.47. The Morgan fingerprint density at radius 3 is 2.69 bits per heavy atom. The summed E-state index contributed by atoms with van der Waals surface area (Å²) in [6, 6.07) is 15.7. The van der Waals surface area contributed by atoms with E-state index in [9.17, 15) is 4.79 Å².